The van der Waals surface area contributed by atoms with Gasteiger partial charge in [-0.1, -0.05) is 153 Å². The van der Waals surface area contributed by atoms with Gasteiger partial charge in [0.15, 0.2) is 0 Å². The first-order valence-electron chi connectivity index (χ1n) is 18.2. The van der Waals surface area contributed by atoms with Crippen LogP contribution in [0.3, 0.4) is 0 Å². The van der Waals surface area contributed by atoms with Crippen LogP contribution in [-0.4, -0.2) is 8.75 Å². The summed E-state index contributed by atoms with van der Waals surface area (Å²) in [5, 5.41) is 1.14. The summed E-state index contributed by atoms with van der Waals surface area (Å²) < 4.78 is 11.9. The number of aromatic nitrogens is 2. The summed E-state index contributed by atoms with van der Waals surface area (Å²) >= 11 is 26.6. The van der Waals surface area contributed by atoms with E-state index in [2.05, 4.69) is 57.8 Å². The minimum absolute atomic E-state index is 0.571. The summed E-state index contributed by atoms with van der Waals surface area (Å²) in [6.07, 6.45) is 29.1. The van der Waals surface area contributed by atoms with Gasteiger partial charge in [-0.2, -0.15) is 8.75 Å². The van der Waals surface area contributed by atoms with Gasteiger partial charge in [0, 0.05) is 20.9 Å². The van der Waals surface area contributed by atoms with Crippen molar-refractivity contribution in [1.82, 2.24) is 8.75 Å². The molecule has 0 aliphatic rings. The molecule has 0 saturated carbocycles. The van der Waals surface area contributed by atoms with E-state index >= 15 is 0 Å². The largest absolute Gasteiger partial charge is 0.172 e. The SMILES string of the molecule is CCCCCCCCCCCCc1cc(-c2c(Cl)c(Cl)c(-c3cc(CCCCCCCCCCCC)c(Br)s3)c3nsnc23)sc1Br. The lowest BCUT2D eigenvalue weighted by molar-refractivity contribution is 0.556. The smallest absolute Gasteiger partial charge is 0.115 e. The number of halogens is 4. The summed E-state index contributed by atoms with van der Waals surface area (Å²) in [6, 6.07) is 4.57. The van der Waals surface area contributed by atoms with Gasteiger partial charge in [-0.15, -0.1) is 22.7 Å². The average molecular weight is 864 g/mol. The van der Waals surface area contributed by atoms with Crippen molar-refractivity contribution in [3.05, 3.63) is 40.9 Å². The first kappa shape index (κ1) is 39.8. The molecule has 0 atom stereocenters. The summed E-state index contributed by atoms with van der Waals surface area (Å²) in [6.45, 7) is 4.56. The molecule has 0 aliphatic heterocycles. The Morgan fingerprint density at radius 2 is 0.830 bits per heavy atom. The predicted molar refractivity (Wildman–Crippen MR) is 221 cm³/mol. The number of hydrogen-bond acceptors (Lipinski definition) is 5. The molecule has 4 rings (SSSR count). The van der Waals surface area contributed by atoms with Gasteiger partial charge in [-0.05, 0) is 80.8 Å². The standard InChI is InChI=1S/C38H52Br2Cl2N2S3/c1-3-5-7-9-11-13-15-17-19-21-23-27-25-29(45-37(27)39)31-33(41)34(42)32(36-35(31)43-47-44-36)30-26-28(38(40)46-30)24-22-20-18-16-14-12-10-8-6-4-2/h25-26H,3-24H2,1-2H3. The summed E-state index contributed by atoms with van der Waals surface area (Å²) in [4.78, 5) is 2.20. The first-order chi connectivity index (χ1) is 23.0. The van der Waals surface area contributed by atoms with Crippen molar-refractivity contribution in [3.63, 3.8) is 0 Å². The molecule has 1 aromatic carbocycles. The maximum absolute atomic E-state index is 7.11. The molecule has 0 amide bonds. The van der Waals surface area contributed by atoms with Gasteiger partial charge in [0.2, 0.25) is 0 Å². The molecule has 0 fully saturated rings. The van der Waals surface area contributed by atoms with Crippen LogP contribution >= 0.6 is 89.5 Å². The van der Waals surface area contributed by atoms with Crippen LogP contribution in [0.15, 0.2) is 19.7 Å². The zero-order valence-corrected chi connectivity index (χ0v) is 35.5. The highest BCUT2D eigenvalue weighted by Crippen LogP contribution is 2.51. The van der Waals surface area contributed by atoms with Crippen LogP contribution in [0.5, 0.6) is 0 Å². The lowest BCUT2D eigenvalue weighted by Gasteiger charge is -2.10. The molecule has 0 bridgehead atoms. The lowest BCUT2D eigenvalue weighted by Crippen LogP contribution is -1.88. The van der Waals surface area contributed by atoms with Gasteiger partial charge in [0.1, 0.15) is 11.0 Å². The molecule has 47 heavy (non-hydrogen) atoms. The van der Waals surface area contributed by atoms with Gasteiger partial charge in [-0.3, -0.25) is 0 Å². The Hall–Kier alpha value is -0.0200. The minimum atomic E-state index is 0.571. The Kier molecular flexibility index (Phi) is 18.6. The number of nitrogens with zero attached hydrogens (tertiary/aromatic N) is 2. The molecule has 0 radical (unpaired) electrons. The van der Waals surface area contributed by atoms with Crippen LogP contribution in [0.25, 0.3) is 31.9 Å². The highest BCUT2D eigenvalue weighted by molar-refractivity contribution is 9.11. The molecule has 0 N–H and O–H groups in total. The van der Waals surface area contributed by atoms with Crippen molar-refractivity contribution >= 4 is 100 Å². The van der Waals surface area contributed by atoms with Crippen LogP contribution in [0, 0.1) is 0 Å². The van der Waals surface area contributed by atoms with Crippen LogP contribution in [-0.2, 0) is 12.8 Å². The quantitative estimate of drug-likeness (QED) is 0.0656. The Balaban J connectivity index is 1.35. The molecule has 0 aliphatic carbocycles. The topological polar surface area (TPSA) is 25.8 Å². The minimum Gasteiger partial charge on any atom is -0.172 e. The monoisotopic (exact) mass is 860 g/mol. The fourth-order valence-corrected chi connectivity index (χ4v) is 11.3. The molecule has 0 saturated heterocycles. The van der Waals surface area contributed by atoms with E-state index in [0.717, 1.165) is 44.8 Å². The fraction of sp³-hybridized carbons (Fsp3) is 0.632. The third kappa shape index (κ3) is 12.0. The van der Waals surface area contributed by atoms with Gasteiger partial charge < -0.3 is 0 Å². The number of benzene rings is 1. The summed E-state index contributed by atoms with van der Waals surface area (Å²) in [5.41, 5.74) is 6.20. The molecule has 3 aromatic heterocycles. The number of thiophene rings is 2. The van der Waals surface area contributed by atoms with Gasteiger partial charge in [-0.25, -0.2) is 0 Å². The number of hydrogen-bond donors (Lipinski definition) is 0. The van der Waals surface area contributed by atoms with Crippen molar-refractivity contribution in [1.29, 1.82) is 0 Å². The van der Waals surface area contributed by atoms with Crippen molar-refractivity contribution in [2.45, 2.75) is 155 Å². The second-order valence-electron chi connectivity index (χ2n) is 13.0. The maximum atomic E-state index is 7.11. The Labute approximate surface area is 323 Å². The van der Waals surface area contributed by atoms with Gasteiger partial charge >= 0.3 is 0 Å². The first-order valence-corrected chi connectivity index (χ1v) is 22.9. The second-order valence-corrected chi connectivity index (χ2v) is 19.0. The molecular weight excluding hydrogens is 811 g/mol. The molecule has 0 unspecified atom stereocenters. The van der Waals surface area contributed by atoms with E-state index in [1.807, 2.05) is 0 Å². The van der Waals surface area contributed by atoms with E-state index in [9.17, 15) is 0 Å². The van der Waals surface area contributed by atoms with E-state index in [1.54, 1.807) is 22.7 Å². The van der Waals surface area contributed by atoms with E-state index in [-0.39, 0.29) is 0 Å². The van der Waals surface area contributed by atoms with E-state index in [4.69, 9.17) is 31.9 Å². The van der Waals surface area contributed by atoms with Crippen molar-refractivity contribution in [2.75, 3.05) is 0 Å². The molecular formula is C38H52Br2Cl2N2S3. The van der Waals surface area contributed by atoms with Crippen LogP contribution < -0.4 is 0 Å². The number of rotatable bonds is 24. The van der Waals surface area contributed by atoms with E-state index in [1.165, 1.54) is 159 Å². The Morgan fingerprint density at radius 1 is 0.511 bits per heavy atom. The molecule has 9 heteroatoms. The fourth-order valence-electron chi connectivity index (χ4n) is 6.40. The average Bonchev–Trinajstić information content (AvgIpc) is 3.78. The Bertz CT molecular complexity index is 1390. The van der Waals surface area contributed by atoms with Crippen molar-refractivity contribution in [2.24, 2.45) is 0 Å². The summed E-state index contributed by atoms with van der Waals surface area (Å²) in [5.74, 6) is 0. The zero-order chi connectivity index (χ0) is 33.4. The number of unbranched alkanes of at least 4 members (excludes halogenated alkanes) is 18. The second kappa shape index (κ2) is 22.0. The van der Waals surface area contributed by atoms with Crippen molar-refractivity contribution in [3.8, 4) is 20.9 Å². The third-order valence-corrected chi connectivity index (χ3v) is 14.5. The van der Waals surface area contributed by atoms with Crippen molar-refractivity contribution < 1.29 is 0 Å². The van der Waals surface area contributed by atoms with E-state index < -0.39 is 0 Å². The number of aryl methyl sites for hydroxylation is 2. The maximum Gasteiger partial charge on any atom is 0.115 e. The number of fused-ring (bicyclic) bond motifs is 1. The van der Waals surface area contributed by atoms with E-state index in [0.29, 0.717) is 10.0 Å². The van der Waals surface area contributed by atoms with Crippen LogP contribution in [0.1, 0.15) is 153 Å². The molecule has 3 heterocycles. The zero-order valence-electron chi connectivity index (χ0n) is 28.3. The van der Waals surface area contributed by atoms with Gasteiger partial charge in [0.05, 0.1) is 29.3 Å². The lowest BCUT2D eigenvalue weighted by atomic mass is 10.0. The molecule has 260 valence electrons. The van der Waals surface area contributed by atoms with Crippen LogP contribution in [0.4, 0.5) is 0 Å². The molecule has 2 nitrogen and oxygen atoms in total. The molecule has 0 spiro atoms. The van der Waals surface area contributed by atoms with Crippen LogP contribution in [0.2, 0.25) is 10.0 Å². The Morgan fingerprint density at radius 3 is 1.17 bits per heavy atom. The van der Waals surface area contributed by atoms with Gasteiger partial charge in [0.25, 0.3) is 0 Å². The normalized spacial score (nSPS) is 11.8. The summed E-state index contributed by atoms with van der Waals surface area (Å²) in [7, 11) is 0. The predicted octanol–water partition coefficient (Wildman–Crippen LogP) is 16.9. The molecule has 4 aromatic rings. The highest BCUT2D eigenvalue weighted by Gasteiger charge is 2.25. The highest BCUT2D eigenvalue weighted by atomic mass is 79.9. The third-order valence-electron chi connectivity index (χ3n) is 9.20.